The number of urea groups is 1. The van der Waals surface area contributed by atoms with Crippen LogP contribution in [0.5, 0.6) is 0 Å². The number of nitrogens with one attached hydrogen (secondary N) is 3. The van der Waals surface area contributed by atoms with Gasteiger partial charge >= 0.3 is 6.03 Å². The van der Waals surface area contributed by atoms with Crippen molar-refractivity contribution in [2.75, 3.05) is 25.0 Å². The highest BCUT2D eigenvalue weighted by molar-refractivity contribution is 5.89. The first-order chi connectivity index (χ1) is 9.78. The number of hydrogen-bond donors (Lipinski definition) is 3. The Morgan fingerprint density at radius 2 is 2.40 bits per heavy atom. The smallest absolute Gasteiger partial charge is 0.319 e. The van der Waals surface area contributed by atoms with Gasteiger partial charge in [0.15, 0.2) is 0 Å². The molecule has 1 aliphatic rings. The molecule has 106 valence electrons. The fourth-order valence-corrected chi connectivity index (χ4v) is 2.40. The largest absolute Gasteiger partial charge is 0.338 e. The van der Waals surface area contributed by atoms with Crippen molar-refractivity contribution in [3.63, 3.8) is 0 Å². The molecule has 1 unspecified atom stereocenters. The maximum atomic E-state index is 11.7. The Bertz CT molecular complexity index is 489. The van der Waals surface area contributed by atoms with E-state index in [0.717, 1.165) is 19.5 Å². The van der Waals surface area contributed by atoms with Gasteiger partial charge in [0.1, 0.15) is 0 Å². The summed E-state index contributed by atoms with van der Waals surface area (Å²) < 4.78 is 0. The molecule has 0 bridgehead atoms. The van der Waals surface area contributed by atoms with Crippen LogP contribution in [0.2, 0.25) is 0 Å². The Morgan fingerprint density at radius 1 is 1.50 bits per heavy atom. The second kappa shape index (κ2) is 7.51. The molecule has 1 heterocycles. The third-order valence-electron chi connectivity index (χ3n) is 3.49. The average Bonchev–Trinajstić information content (AvgIpc) is 2.48. The van der Waals surface area contributed by atoms with Crippen molar-refractivity contribution >= 4 is 11.7 Å². The lowest BCUT2D eigenvalue weighted by atomic mass is 9.96. The molecule has 1 fully saturated rings. The zero-order valence-corrected chi connectivity index (χ0v) is 11.5. The molecule has 1 aromatic rings. The Morgan fingerprint density at radius 3 is 3.15 bits per heavy atom. The van der Waals surface area contributed by atoms with Crippen molar-refractivity contribution in [1.82, 2.24) is 10.6 Å². The van der Waals surface area contributed by atoms with Gasteiger partial charge in [-0.2, -0.15) is 5.26 Å². The van der Waals surface area contributed by atoms with Crippen LogP contribution in [0.25, 0.3) is 0 Å². The first-order valence-corrected chi connectivity index (χ1v) is 7.03. The summed E-state index contributed by atoms with van der Waals surface area (Å²) in [5.74, 6) is 0.658. The van der Waals surface area contributed by atoms with Gasteiger partial charge < -0.3 is 16.0 Å². The molecule has 2 rings (SSSR count). The first kappa shape index (κ1) is 14.4. The number of carbonyl (C=O) groups excluding carboxylic acids is 1. The van der Waals surface area contributed by atoms with E-state index in [4.69, 9.17) is 5.26 Å². The zero-order chi connectivity index (χ0) is 14.2. The molecule has 0 saturated carbocycles. The molecule has 1 aliphatic heterocycles. The molecule has 0 spiro atoms. The molecule has 1 saturated heterocycles. The van der Waals surface area contributed by atoms with Crippen molar-refractivity contribution in [2.24, 2.45) is 5.92 Å². The fraction of sp³-hybridized carbons (Fsp3) is 0.467. The predicted octanol–water partition coefficient (Wildman–Crippen LogP) is 2.07. The van der Waals surface area contributed by atoms with Gasteiger partial charge in [0.05, 0.1) is 11.6 Å². The van der Waals surface area contributed by atoms with Gasteiger partial charge in [-0.25, -0.2) is 4.79 Å². The lowest BCUT2D eigenvalue weighted by Crippen LogP contribution is -2.34. The monoisotopic (exact) mass is 272 g/mol. The molecule has 0 radical (unpaired) electrons. The van der Waals surface area contributed by atoms with E-state index < -0.39 is 0 Å². The van der Waals surface area contributed by atoms with E-state index in [1.807, 2.05) is 6.07 Å². The van der Waals surface area contributed by atoms with E-state index in [1.54, 1.807) is 24.3 Å². The molecule has 1 atom stereocenters. The van der Waals surface area contributed by atoms with Gasteiger partial charge in [0, 0.05) is 12.2 Å². The minimum atomic E-state index is -0.219. The summed E-state index contributed by atoms with van der Waals surface area (Å²) >= 11 is 0. The normalized spacial score (nSPS) is 18.1. The molecular weight excluding hydrogens is 252 g/mol. The molecule has 2 amide bonds. The van der Waals surface area contributed by atoms with Gasteiger partial charge in [-0.05, 0) is 56.5 Å². The third-order valence-corrected chi connectivity index (χ3v) is 3.49. The van der Waals surface area contributed by atoms with Gasteiger partial charge in [0.2, 0.25) is 0 Å². The van der Waals surface area contributed by atoms with Crippen LogP contribution in [0.15, 0.2) is 24.3 Å². The van der Waals surface area contributed by atoms with E-state index in [1.165, 1.54) is 12.8 Å². The molecular formula is C15H20N4O. The lowest BCUT2D eigenvalue weighted by Gasteiger charge is -2.22. The molecule has 20 heavy (non-hydrogen) atoms. The SMILES string of the molecule is N#Cc1cccc(NC(=O)NCCC2CCCNC2)c1. The first-order valence-electron chi connectivity index (χ1n) is 7.03. The van der Waals surface area contributed by atoms with Crippen molar-refractivity contribution in [2.45, 2.75) is 19.3 Å². The van der Waals surface area contributed by atoms with Crippen molar-refractivity contribution in [3.8, 4) is 6.07 Å². The van der Waals surface area contributed by atoms with Gasteiger partial charge in [-0.1, -0.05) is 6.07 Å². The number of nitrogens with zero attached hydrogens (tertiary/aromatic N) is 1. The van der Waals surface area contributed by atoms with Gasteiger partial charge in [-0.3, -0.25) is 0 Å². The fourth-order valence-electron chi connectivity index (χ4n) is 2.40. The van der Waals surface area contributed by atoms with Crippen LogP contribution in [0.1, 0.15) is 24.8 Å². The highest BCUT2D eigenvalue weighted by atomic mass is 16.2. The highest BCUT2D eigenvalue weighted by Crippen LogP contribution is 2.13. The van der Waals surface area contributed by atoms with Crippen LogP contribution in [0.3, 0.4) is 0 Å². The molecule has 1 aromatic carbocycles. The minimum Gasteiger partial charge on any atom is -0.338 e. The maximum absolute atomic E-state index is 11.7. The number of carbonyl (C=O) groups is 1. The number of nitriles is 1. The Hall–Kier alpha value is -2.06. The summed E-state index contributed by atoms with van der Waals surface area (Å²) in [6, 6.07) is 8.72. The summed E-state index contributed by atoms with van der Waals surface area (Å²) in [6.45, 7) is 2.84. The summed E-state index contributed by atoms with van der Waals surface area (Å²) in [5, 5.41) is 17.8. The highest BCUT2D eigenvalue weighted by Gasteiger charge is 2.12. The molecule has 0 aliphatic carbocycles. The van der Waals surface area contributed by atoms with E-state index in [-0.39, 0.29) is 6.03 Å². The number of anilines is 1. The van der Waals surface area contributed by atoms with E-state index >= 15 is 0 Å². The van der Waals surface area contributed by atoms with E-state index in [9.17, 15) is 4.79 Å². The number of rotatable bonds is 4. The maximum Gasteiger partial charge on any atom is 0.319 e. The number of amides is 2. The van der Waals surface area contributed by atoms with E-state index in [0.29, 0.717) is 23.7 Å². The topological polar surface area (TPSA) is 77.0 Å². The molecule has 3 N–H and O–H groups in total. The number of piperidine rings is 1. The zero-order valence-electron chi connectivity index (χ0n) is 11.5. The van der Waals surface area contributed by atoms with Crippen LogP contribution >= 0.6 is 0 Å². The van der Waals surface area contributed by atoms with Crippen molar-refractivity contribution in [3.05, 3.63) is 29.8 Å². The quantitative estimate of drug-likeness (QED) is 0.785. The summed E-state index contributed by atoms with van der Waals surface area (Å²) in [5.41, 5.74) is 1.18. The van der Waals surface area contributed by atoms with E-state index in [2.05, 4.69) is 16.0 Å². The third kappa shape index (κ3) is 4.56. The Balaban J connectivity index is 1.70. The molecule has 0 aromatic heterocycles. The van der Waals surface area contributed by atoms with Crippen LogP contribution < -0.4 is 16.0 Å². The van der Waals surface area contributed by atoms with Crippen LogP contribution in [0.4, 0.5) is 10.5 Å². The second-order valence-corrected chi connectivity index (χ2v) is 5.07. The standard InChI is InChI=1S/C15H20N4O/c16-10-13-3-1-5-14(9-13)19-15(20)18-8-6-12-4-2-7-17-11-12/h1,3,5,9,12,17H,2,4,6-8,11H2,(H2,18,19,20). The molecule has 5 heteroatoms. The Kier molecular flexibility index (Phi) is 5.39. The summed E-state index contributed by atoms with van der Waals surface area (Å²) in [4.78, 5) is 11.7. The van der Waals surface area contributed by atoms with Crippen LogP contribution in [0, 0.1) is 17.2 Å². The molecule has 5 nitrogen and oxygen atoms in total. The van der Waals surface area contributed by atoms with Crippen molar-refractivity contribution in [1.29, 1.82) is 5.26 Å². The van der Waals surface area contributed by atoms with Gasteiger partial charge in [-0.15, -0.1) is 0 Å². The van der Waals surface area contributed by atoms with Crippen molar-refractivity contribution < 1.29 is 4.79 Å². The van der Waals surface area contributed by atoms with Crippen LogP contribution in [-0.4, -0.2) is 25.7 Å². The second-order valence-electron chi connectivity index (χ2n) is 5.07. The number of hydrogen-bond acceptors (Lipinski definition) is 3. The summed E-state index contributed by atoms with van der Waals surface area (Å²) in [6.07, 6.45) is 3.46. The summed E-state index contributed by atoms with van der Waals surface area (Å²) in [7, 11) is 0. The minimum absolute atomic E-state index is 0.219. The predicted molar refractivity (Wildman–Crippen MR) is 78.4 cm³/mol. The number of benzene rings is 1. The van der Waals surface area contributed by atoms with Gasteiger partial charge in [0.25, 0.3) is 0 Å². The average molecular weight is 272 g/mol. The lowest BCUT2D eigenvalue weighted by molar-refractivity contribution is 0.250. The van der Waals surface area contributed by atoms with Crippen LogP contribution in [-0.2, 0) is 0 Å². The Labute approximate surface area is 119 Å².